The van der Waals surface area contributed by atoms with Crippen LogP contribution in [0.2, 0.25) is 0 Å². The van der Waals surface area contributed by atoms with E-state index in [4.69, 9.17) is 0 Å². The fourth-order valence-corrected chi connectivity index (χ4v) is 4.39. The SMILES string of the molecule is O=C(CCn1cnc2ccccc21)N1CCN(Cc2cccc3ccccc23)CC1. The van der Waals surface area contributed by atoms with Crippen molar-refractivity contribution in [3.8, 4) is 0 Å². The molecule has 1 amide bonds. The van der Waals surface area contributed by atoms with Crippen molar-refractivity contribution >= 4 is 27.7 Å². The summed E-state index contributed by atoms with van der Waals surface area (Å²) < 4.78 is 2.07. The van der Waals surface area contributed by atoms with Crippen LogP contribution in [0.5, 0.6) is 0 Å². The van der Waals surface area contributed by atoms with Crippen molar-refractivity contribution in [1.29, 1.82) is 0 Å². The van der Waals surface area contributed by atoms with Crippen LogP contribution in [-0.4, -0.2) is 51.4 Å². The average molecular weight is 399 g/mol. The number of aromatic nitrogens is 2. The van der Waals surface area contributed by atoms with Crippen LogP contribution in [0.3, 0.4) is 0 Å². The first-order valence-electron chi connectivity index (χ1n) is 10.6. The second kappa shape index (κ2) is 8.28. The molecule has 3 aromatic carbocycles. The maximum absolute atomic E-state index is 12.7. The molecule has 30 heavy (non-hydrogen) atoms. The molecule has 1 fully saturated rings. The second-order valence-electron chi connectivity index (χ2n) is 7.97. The van der Waals surface area contributed by atoms with Gasteiger partial charge < -0.3 is 9.47 Å². The fourth-order valence-electron chi connectivity index (χ4n) is 4.39. The predicted octanol–water partition coefficient (Wildman–Crippen LogP) is 3.92. The van der Waals surface area contributed by atoms with Crippen LogP contribution in [0.15, 0.2) is 73.1 Å². The minimum Gasteiger partial charge on any atom is -0.340 e. The van der Waals surface area contributed by atoms with Crippen molar-refractivity contribution in [3.63, 3.8) is 0 Å². The van der Waals surface area contributed by atoms with Gasteiger partial charge >= 0.3 is 0 Å². The Kier molecular flexibility index (Phi) is 5.20. The zero-order valence-corrected chi connectivity index (χ0v) is 17.1. The number of para-hydroxylation sites is 2. The van der Waals surface area contributed by atoms with Crippen LogP contribution in [0.25, 0.3) is 21.8 Å². The molecule has 0 bridgehead atoms. The zero-order chi connectivity index (χ0) is 20.3. The van der Waals surface area contributed by atoms with Crippen molar-refractivity contribution in [2.75, 3.05) is 26.2 Å². The molecule has 1 saturated heterocycles. The molecule has 0 N–H and O–H groups in total. The molecule has 0 atom stereocenters. The lowest BCUT2D eigenvalue weighted by atomic mass is 10.0. The third-order valence-electron chi connectivity index (χ3n) is 6.09. The molecular formula is C25H26N4O. The van der Waals surface area contributed by atoms with Gasteiger partial charge in [0.2, 0.25) is 5.91 Å². The number of hydrogen-bond acceptors (Lipinski definition) is 3. The first kappa shape index (κ1) is 18.8. The Morgan fingerprint density at radius 2 is 1.63 bits per heavy atom. The standard InChI is InChI=1S/C25H26N4O/c30-25(12-13-29-19-26-23-10-3-4-11-24(23)29)28-16-14-27(15-17-28)18-21-8-5-7-20-6-1-2-9-22(20)21/h1-11,19H,12-18H2. The third-order valence-corrected chi connectivity index (χ3v) is 6.09. The van der Waals surface area contributed by atoms with Crippen LogP contribution in [0, 0.1) is 0 Å². The molecular weight excluding hydrogens is 372 g/mol. The van der Waals surface area contributed by atoms with Crippen molar-refractivity contribution in [1.82, 2.24) is 19.4 Å². The van der Waals surface area contributed by atoms with E-state index in [9.17, 15) is 4.79 Å². The molecule has 0 unspecified atom stereocenters. The molecule has 5 rings (SSSR count). The summed E-state index contributed by atoms with van der Waals surface area (Å²) in [6, 6.07) is 23.1. The maximum atomic E-state index is 12.7. The van der Waals surface area contributed by atoms with Gasteiger partial charge in [0.25, 0.3) is 0 Å². The van der Waals surface area contributed by atoms with Gasteiger partial charge in [0, 0.05) is 45.7 Å². The Balaban J connectivity index is 1.16. The number of hydrogen-bond donors (Lipinski definition) is 0. The number of piperazine rings is 1. The highest BCUT2D eigenvalue weighted by Gasteiger charge is 2.21. The van der Waals surface area contributed by atoms with Gasteiger partial charge in [-0.15, -0.1) is 0 Å². The molecule has 152 valence electrons. The highest BCUT2D eigenvalue weighted by atomic mass is 16.2. The molecule has 5 nitrogen and oxygen atoms in total. The van der Waals surface area contributed by atoms with Gasteiger partial charge in [-0.2, -0.15) is 0 Å². The summed E-state index contributed by atoms with van der Waals surface area (Å²) >= 11 is 0. The smallest absolute Gasteiger partial charge is 0.224 e. The largest absolute Gasteiger partial charge is 0.340 e. The van der Waals surface area contributed by atoms with Gasteiger partial charge in [-0.3, -0.25) is 9.69 Å². The van der Waals surface area contributed by atoms with Gasteiger partial charge in [-0.25, -0.2) is 4.98 Å². The Hall–Kier alpha value is -3.18. The summed E-state index contributed by atoms with van der Waals surface area (Å²) in [5.41, 5.74) is 3.43. The highest BCUT2D eigenvalue weighted by molar-refractivity contribution is 5.85. The van der Waals surface area contributed by atoms with Gasteiger partial charge in [-0.05, 0) is 28.5 Å². The number of imidazole rings is 1. The lowest BCUT2D eigenvalue weighted by Gasteiger charge is -2.35. The number of amides is 1. The molecule has 1 aliphatic rings. The number of benzene rings is 3. The lowest BCUT2D eigenvalue weighted by Crippen LogP contribution is -2.48. The van der Waals surface area contributed by atoms with Crippen molar-refractivity contribution in [2.45, 2.75) is 19.5 Å². The summed E-state index contributed by atoms with van der Waals surface area (Å²) in [6.45, 7) is 5.05. The number of aryl methyl sites for hydroxylation is 1. The maximum Gasteiger partial charge on any atom is 0.224 e. The Bertz CT molecular complexity index is 1170. The molecule has 1 aliphatic heterocycles. The molecule has 4 aromatic rings. The fraction of sp³-hybridized carbons (Fsp3) is 0.280. The molecule has 0 radical (unpaired) electrons. The molecule has 0 spiro atoms. The molecule has 2 heterocycles. The minimum atomic E-state index is 0.234. The van der Waals surface area contributed by atoms with Crippen LogP contribution in [0.4, 0.5) is 0 Å². The van der Waals surface area contributed by atoms with Gasteiger partial charge in [-0.1, -0.05) is 54.6 Å². The summed E-state index contributed by atoms with van der Waals surface area (Å²) in [5, 5.41) is 2.61. The Labute approximate surface area is 176 Å². The van der Waals surface area contributed by atoms with E-state index in [1.807, 2.05) is 29.4 Å². The quantitative estimate of drug-likeness (QED) is 0.512. The molecule has 1 aromatic heterocycles. The van der Waals surface area contributed by atoms with Crippen molar-refractivity contribution in [3.05, 3.63) is 78.6 Å². The van der Waals surface area contributed by atoms with Crippen LogP contribution < -0.4 is 0 Å². The topological polar surface area (TPSA) is 41.4 Å². The zero-order valence-electron chi connectivity index (χ0n) is 17.1. The van der Waals surface area contributed by atoms with Crippen LogP contribution >= 0.6 is 0 Å². The Morgan fingerprint density at radius 1 is 0.867 bits per heavy atom. The van der Waals surface area contributed by atoms with Crippen LogP contribution in [0.1, 0.15) is 12.0 Å². The monoisotopic (exact) mass is 398 g/mol. The summed E-state index contributed by atoms with van der Waals surface area (Å²) in [4.78, 5) is 21.6. The summed E-state index contributed by atoms with van der Waals surface area (Å²) in [6.07, 6.45) is 2.35. The van der Waals surface area contributed by atoms with Gasteiger partial charge in [0.1, 0.15) is 0 Å². The first-order valence-corrected chi connectivity index (χ1v) is 10.6. The predicted molar refractivity (Wildman–Crippen MR) is 120 cm³/mol. The summed E-state index contributed by atoms with van der Waals surface area (Å²) in [7, 11) is 0. The number of nitrogens with zero attached hydrogens (tertiary/aromatic N) is 4. The Morgan fingerprint density at radius 3 is 2.53 bits per heavy atom. The second-order valence-corrected chi connectivity index (χ2v) is 7.97. The first-order chi connectivity index (χ1) is 14.8. The van der Waals surface area contributed by atoms with E-state index < -0.39 is 0 Å². The molecule has 5 heteroatoms. The van der Waals surface area contributed by atoms with Gasteiger partial charge in [0.15, 0.2) is 0 Å². The van der Waals surface area contributed by atoms with Crippen molar-refractivity contribution < 1.29 is 4.79 Å². The number of rotatable bonds is 5. The van der Waals surface area contributed by atoms with E-state index in [2.05, 4.69) is 63.0 Å². The minimum absolute atomic E-state index is 0.234. The number of carbonyl (C=O) groups is 1. The van der Waals surface area contributed by atoms with Crippen LogP contribution in [-0.2, 0) is 17.9 Å². The number of fused-ring (bicyclic) bond motifs is 2. The normalized spacial score (nSPS) is 15.1. The average Bonchev–Trinajstić information content (AvgIpc) is 3.21. The van der Waals surface area contributed by atoms with Gasteiger partial charge in [0.05, 0.1) is 17.4 Å². The molecule has 0 aliphatic carbocycles. The number of carbonyl (C=O) groups excluding carboxylic acids is 1. The highest BCUT2D eigenvalue weighted by Crippen LogP contribution is 2.21. The third kappa shape index (κ3) is 3.81. The van der Waals surface area contributed by atoms with E-state index >= 15 is 0 Å². The van der Waals surface area contributed by atoms with Crippen molar-refractivity contribution in [2.24, 2.45) is 0 Å². The van der Waals surface area contributed by atoms with E-state index in [-0.39, 0.29) is 5.91 Å². The molecule has 0 saturated carbocycles. The van der Waals surface area contributed by atoms with E-state index in [0.717, 1.165) is 43.8 Å². The van der Waals surface area contributed by atoms with E-state index in [1.165, 1.54) is 16.3 Å². The van der Waals surface area contributed by atoms with E-state index in [0.29, 0.717) is 13.0 Å². The summed E-state index contributed by atoms with van der Waals surface area (Å²) in [5.74, 6) is 0.234. The lowest BCUT2D eigenvalue weighted by molar-refractivity contribution is -0.133. The van der Waals surface area contributed by atoms with E-state index in [1.54, 1.807) is 0 Å².